The summed E-state index contributed by atoms with van der Waals surface area (Å²) >= 11 is 0. The number of sulfonamides is 1. The second kappa shape index (κ2) is 3.05. The van der Waals surface area contributed by atoms with Gasteiger partial charge in [0, 0.05) is 0 Å². The molecule has 14 heavy (non-hydrogen) atoms. The third-order valence-electron chi connectivity index (χ3n) is 1.66. The molecule has 6 nitrogen and oxygen atoms in total. The lowest BCUT2D eigenvalue weighted by atomic mass is 10.3. The van der Waals surface area contributed by atoms with E-state index < -0.39 is 15.2 Å². The number of benzene rings is 1. The molecule has 0 atom stereocenters. The molecule has 0 unspecified atom stereocenters. The molecule has 0 fully saturated rings. The second-order valence-electron chi connectivity index (χ2n) is 2.57. The molecule has 0 saturated carbocycles. The van der Waals surface area contributed by atoms with Gasteiger partial charge in [0.05, 0.1) is 0 Å². The van der Waals surface area contributed by atoms with Crippen LogP contribution in [0.15, 0.2) is 33.9 Å². The largest absolute Gasteiger partial charge is 0.427 e. The summed E-state index contributed by atoms with van der Waals surface area (Å²) in [7, 11) is -3.81. The Morgan fingerprint density at radius 2 is 2.07 bits per heavy atom. The van der Waals surface area contributed by atoms with Crippen molar-refractivity contribution in [1.82, 2.24) is 9.82 Å². The molecule has 74 valence electrons. The third kappa shape index (κ3) is 1.37. The normalized spacial score (nSPS) is 12.1. The molecule has 0 bridgehead atoms. The van der Waals surface area contributed by atoms with Crippen molar-refractivity contribution in [2.24, 2.45) is 5.84 Å². The molecule has 0 aliphatic carbocycles. The number of nitrogens with zero attached hydrogens (tertiary/aromatic N) is 1. The smallest absolute Gasteiger partial charge is 0.333 e. The summed E-state index contributed by atoms with van der Waals surface area (Å²) in [5.74, 6) is 4.82. The third-order valence-corrected chi connectivity index (χ3v) is 2.60. The topological polar surface area (TPSA) is 98.2 Å². The molecule has 0 aliphatic heterocycles. The molecule has 0 amide bonds. The molecular formula is C7H7N3O3S. The highest BCUT2D eigenvalue weighted by Crippen LogP contribution is 2.17. The van der Waals surface area contributed by atoms with Crippen LogP contribution >= 0.6 is 0 Å². The van der Waals surface area contributed by atoms with Gasteiger partial charge < -0.3 is 4.42 Å². The van der Waals surface area contributed by atoms with Gasteiger partial charge in [0.15, 0.2) is 5.58 Å². The van der Waals surface area contributed by atoms with Crippen LogP contribution in [0.25, 0.3) is 11.1 Å². The predicted molar refractivity (Wildman–Crippen MR) is 48.5 cm³/mol. The fourth-order valence-electron chi connectivity index (χ4n) is 1.02. The lowest BCUT2D eigenvalue weighted by Crippen LogP contribution is -2.30. The Balaban J connectivity index is 2.67. The summed E-state index contributed by atoms with van der Waals surface area (Å²) in [6.45, 7) is 0. The molecule has 1 heterocycles. The molecule has 0 spiro atoms. The van der Waals surface area contributed by atoms with Crippen LogP contribution in [0.2, 0.25) is 0 Å². The summed E-state index contributed by atoms with van der Waals surface area (Å²) in [5, 5.41) is -0.429. The predicted octanol–water partition coefficient (Wildman–Crippen LogP) is -0.0202. The summed E-state index contributed by atoms with van der Waals surface area (Å²) in [6.07, 6.45) is 0. The first-order valence-corrected chi connectivity index (χ1v) is 5.20. The maximum absolute atomic E-state index is 11.2. The minimum absolute atomic E-state index is 0.404. The minimum Gasteiger partial charge on any atom is -0.427 e. The van der Waals surface area contributed by atoms with E-state index in [9.17, 15) is 8.42 Å². The van der Waals surface area contributed by atoms with Crippen molar-refractivity contribution in [2.75, 3.05) is 0 Å². The number of para-hydroxylation sites is 2. The van der Waals surface area contributed by atoms with Crippen LogP contribution in [0.5, 0.6) is 0 Å². The first-order chi connectivity index (χ1) is 6.63. The molecule has 2 aromatic rings. The molecule has 7 heteroatoms. The Hall–Kier alpha value is -1.44. The van der Waals surface area contributed by atoms with E-state index in [0.29, 0.717) is 11.1 Å². The fraction of sp³-hybridized carbons (Fsp3) is 0. The van der Waals surface area contributed by atoms with E-state index >= 15 is 0 Å². The molecule has 0 saturated heterocycles. The Morgan fingerprint density at radius 1 is 1.36 bits per heavy atom. The van der Waals surface area contributed by atoms with Crippen molar-refractivity contribution in [1.29, 1.82) is 0 Å². The Labute approximate surface area is 79.7 Å². The van der Waals surface area contributed by atoms with Crippen molar-refractivity contribution in [3.63, 3.8) is 0 Å². The highest BCUT2D eigenvalue weighted by atomic mass is 32.2. The average Bonchev–Trinajstić information content (AvgIpc) is 2.61. The van der Waals surface area contributed by atoms with Gasteiger partial charge in [-0.1, -0.05) is 12.1 Å². The zero-order chi connectivity index (χ0) is 10.2. The van der Waals surface area contributed by atoms with Crippen LogP contribution in [0.4, 0.5) is 0 Å². The van der Waals surface area contributed by atoms with E-state index in [2.05, 4.69) is 4.98 Å². The van der Waals surface area contributed by atoms with Gasteiger partial charge in [-0.2, -0.15) is 4.98 Å². The lowest BCUT2D eigenvalue weighted by Gasteiger charge is -1.92. The van der Waals surface area contributed by atoms with E-state index in [1.54, 1.807) is 29.1 Å². The summed E-state index contributed by atoms with van der Waals surface area (Å²) in [5.41, 5.74) is 0.877. The molecule has 1 aromatic carbocycles. The van der Waals surface area contributed by atoms with Crippen molar-refractivity contribution in [3.05, 3.63) is 24.3 Å². The zero-order valence-corrected chi connectivity index (χ0v) is 7.78. The van der Waals surface area contributed by atoms with Crippen molar-refractivity contribution < 1.29 is 12.8 Å². The number of hydrogen-bond acceptors (Lipinski definition) is 5. The lowest BCUT2D eigenvalue weighted by molar-refractivity contribution is 0.453. The molecule has 0 aliphatic rings. The van der Waals surface area contributed by atoms with Gasteiger partial charge in [-0.05, 0) is 12.1 Å². The SMILES string of the molecule is NNS(=O)(=O)c1nc2ccccc2o1. The van der Waals surface area contributed by atoms with Crippen molar-refractivity contribution >= 4 is 21.1 Å². The van der Waals surface area contributed by atoms with Gasteiger partial charge in [0.2, 0.25) is 0 Å². The van der Waals surface area contributed by atoms with Gasteiger partial charge in [0.25, 0.3) is 0 Å². The van der Waals surface area contributed by atoms with Crippen LogP contribution in [-0.4, -0.2) is 13.4 Å². The van der Waals surface area contributed by atoms with Gasteiger partial charge in [-0.3, -0.25) is 5.84 Å². The second-order valence-corrected chi connectivity index (χ2v) is 4.16. The van der Waals surface area contributed by atoms with Crippen molar-refractivity contribution in [2.45, 2.75) is 5.22 Å². The standard InChI is InChI=1S/C7H7N3O3S/c8-10-14(11,12)7-9-5-3-1-2-4-6(5)13-7/h1-4,10H,8H2. The number of hydrazine groups is 1. The summed E-state index contributed by atoms with van der Waals surface area (Å²) < 4.78 is 27.3. The number of nitrogens with one attached hydrogen (secondary N) is 1. The van der Waals surface area contributed by atoms with E-state index in [1.165, 1.54) is 0 Å². The first-order valence-electron chi connectivity index (χ1n) is 3.71. The monoisotopic (exact) mass is 213 g/mol. The molecule has 3 N–H and O–H groups in total. The Morgan fingerprint density at radius 3 is 2.71 bits per heavy atom. The van der Waals surface area contributed by atoms with E-state index in [1.807, 2.05) is 0 Å². The van der Waals surface area contributed by atoms with Crippen LogP contribution in [0.1, 0.15) is 0 Å². The molecule has 0 radical (unpaired) electrons. The summed E-state index contributed by atoms with van der Waals surface area (Å²) in [4.78, 5) is 5.39. The fourth-order valence-corrected chi connectivity index (χ4v) is 1.54. The van der Waals surface area contributed by atoms with Crippen LogP contribution in [-0.2, 0) is 10.0 Å². The maximum Gasteiger partial charge on any atom is 0.333 e. The maximum atomic E-state index is 11.2. The van der Waals surface area contributed by atoms with Gasteiger partial charge in [-0.15, -0.1) is 4.83 Å². The number of rotatable bonds is 2. The zero-order valence-electron chi connectivity index (χ0n) is 6.97. The number of fused-ring (bicyclic) bond motifs is 1. The van der Waals surface area contributed by atoms with Crippen molar-refractivity contribution in [3.8, 4) is 0 Å². The highest BCUT2D eigenvalue weighted by molar-refractivity contribution is 7.89. The van der Waals surface area contributed by atoms with E-state index in [-0.39, 0.29) is 0 Å². The van der Waals surface area contributed by atoms with Crippen LogP contribution < -0.4 is 10.7 Å². The Bertz CT molecular complexity index is 527. The highest BCUT2D eigenvalue weighted by Gasteiger charge is 2.19. The number of hydrogen-bond donors (Lipinski definition) is 2. The molecular weight excluding hydrogens is 206 g/mol. The van der Waals surface area contributed by atoms with Gasteiger partial charge in [-0.25, -0.2) is 8.42 Å². The van der Waals surface area contributed by atoms with Gasteiger partial charge >= 0.3 is 15.2 Å². The summed E-state index contributed by atoms with van der Waals surface area (Å²) in [6, 6.07) is 6.73. The number of aromatic nitrogens is 1. The number of nitrogens with two attached hydrogens (primary N) is 1. The van der Waals surface area contributed by atoms with Gasteiger partial charge in [0.1, 0.15) is 5.52 Å². The van der Waals surface area contributed by atoms with Crippen LogP contribution in [0, 0.1) is 0 Å². The quantitative estimate of drug-likeness (QED) is 0.539. The van der Waals surface area contributed by atoms with E-state index in [0.717, 1.165) is 0 Å². The average molecular weight is 213 g/mol. The first kappa shape index (κ1) is 9.13. The molecule has 1 aromatic heterocycles. The van der Waals surface area contributed by atoms with E-state index in [4.69, 9.17) is 10.3 Å². The molecule has 2 rings (SSSR count). The van der Waals surface area contributed by atoms with Crippen LogP contribution in [0.3, 0.4) is 0 Å². The Kier molecular flexibility index (Phi) is 1.99. The minimum atomic E-state index is -3.81. The number of oxazole rings is 1.